The van der Waals surface area contributed by atoms with Crippen LogP contribution in [0.1, 0.15) is 28.8 Å². The van der Waals surface area contributed by atoms with Crippen molar-refractivity contribution in [3.8, 4) is 0 Å². The Labute approximate surface area is 178 Å². The molecule has 31 heavy (non-hydrogen) atoms. The summed E-state index contributed by atoms with van der Waals surface area (Å²) in [4.78, 5) is 54.2. The maximum Gasteiger partial charge on any atom is 0.269 e. The minimum Gasteiger partial charge on any atom is -0.292 e. The smallest absolute Gasteiger partial charge is 0.269 e. The summed E-state index contributed by atoms with van der Waals surface area (Å²) in [5.74, 6) is -2.14. The molecule has 8 heteroatoms. The van der Waals surface area contributed by atoms with Gasteiger partial charge >= 0.3 is 0 Å². The minimum absolute atomic E-state index is 0.0976. The minimum atomic E-state index is -0.736. The first-order valence-corrected chi connectivity index (χ1v) is 10.4. The van der Waals surface area contributed by atoms with Crippen LogP contribution >= 0.6 is 0 Å². The number of hydrogen-bond donors (Lipinski definition) is 0. The zero-order chi connectivity index (χ0) is 21.9. The Morgan fingerprint density at radius 1 is 1.06 bits per heavy atom. The number of Topliss-reactive ketones (excluding diaryl/α,β-unsaturated/α-hetero) is 1. The van der Waals surface area contributed by atoms with E-state index >= 15 is 0 Å². The second kappa shape index (κ2) is 7.09. The average molecular weight is 419 g/mol. The number of non-ortho nitro benzene ring substituents is 1. The van der Waals surface area contributed by atoms with E-state index in [0.29, 0.717) is 23.4 Å². The Kier molecular flexibility index (Phi) is 4.48. The third kappa shape index (κ3) is 2.82. The standard InChI is InChI=1S/C23H21N3O5/c1-13-12-15(26(30)31)9-10-16(13)25-22(28)18-17-8-5-11-24(17)20(19(18)23(25)29)21(27)14-6-3-2-4-7-14/h2-4,6-7,9-10,12,17-20H,5,8,11H2,1H3. The summed E-state index contributed by atoms with van der Waals surface area (Å²) in [6.07, 6.45) is 1.65. The van der Waals surface area contributed by atoms with Crippen molar-refractivity contribution in [2.75, 3.05) is 11.4 Å². The van der Waals surface area contributed by atoms with Crippen molar-refractivity contribution in [3.05, 3.63) is 69.8 Å². The molecule has 0 radical (unpaired) electrons. The van der Waals surface area contributed by atoms with Gasteiger partial charge in [-0.15, -0.1) is 0 Å². The number of fused-ring (bicyclic) bond motifs is 3. The van der Waals surface area contributed by atoms with E-state index in [2.05, 4.69) is 0 Å². The molecular formula is C23H21N3O5. The Morgan fingerprint density at radius 3 is 2.45 bits per heavy atom. The van der Waals surface area contributed by atoms with Crippen molar-refractivity contribution in [3.63, 3.8) is 0 Å². The van der Waals surface area contributed by atoms with Crippen molar-refractivity contribution >= 4 is 29.0 Å². The number of ketones is 1. The van der Waals surface area contributed by atoms with Gasteiger partial charge in [-0.05, 0) is 37.9 Å². The van der Waals surface area contributed by atoms with Gasteiger partial charge in [0.1, 0.15) is 0 Å². The normalized spacial score (nSPS) is 27.5. The number of aryl methyl sites for hydroxylation is 1. The number of nitrogens with zero attached hydrogens (tertiary/aromatic N) is 3. The maximum atomic E-state index is 13.5. The Morgan fingerprint density at radius 2 is 1.77 bits per heavy atom. The van der Waals surface area contributed by atoms with Crippen LogP contribution in [0.4, 0.5) is 11.4 Å². The van der Waals surface area contributed by atoms with Gasteiger partial charge in [0.15, 0.2) is 5.78 Å². The zero-order valence-electron chi connectivity index (χ0n) is 16.9. The number of nitro groups is 1. The van der Waals surface area contributed by atoms with Gasteiger partial charge in [-0.25, -0.2) is 4.90 Å². The Bertz CT molecular complexity index is 1120. The van der Waals surface area contributed by atoms with Gasteiger partial charge in [-0.3, -0.25) is 29.4 Å². The van der Waals surface area contributed by atoms with Gasteiger partial charge in [0.25, 0.3) is 5.69 Å². The predicted octanol–water partition coefficient (Wildman–Crippen LogP) is 2.74. The molecule has 158 valence electrons. The number of amides is 2. The monoisotopic (exact) mass is 419 g/mol. The van der Waals surface area contributed by atoms with E-state index in [-0.39, 0.29) is 23.4 Å². The summed E-state index contributed by atoms with van der Waals surface area (Å²) in [7, 11) is 0. The molecule has 3 fully saturated rings. The molecular weight excluding hydrogens is 398 g/mol. The molecule has 3 aliphatic rings. The first-order valence-electron chi connectivity index (χ1n) is 10.4. The summed E-state index contributed by atoms with van der Waals surface area (Å²) >= 11 is 0. The van der Waals surface area contributed by atoms with E-state index < -0.39 is 28.7 Å². The lowest BCUT2D eigenvalue weighted by Gasteiger charge is -2.28. The van der Waals surface area contributed by atoms with Crippen molar-refractivity contribution in [1.29, 1.82) is 0 Å². The highest BCUT2D eigenvalue weighted by Crippen LogP contribution is 2.49. The van der Waals surface area contributed by atoms with Crippen LogP contribution in [-0.4, -0.2) is 46.0 Å². The molecule has 0 spiro atoms. The molecule has 3 heterocycles. The summed E-state index contributed by atoms with van der Waals surface area (Å²) in [6, 6.07) is 12.2. The van der Waals surface area contributed by atoms with Crippen molar-refractivity contribution in [2.45, 2.75) is 31.8 Å². The number of carbonyl (C=O) groups excluding carboxylic acids is 3. The van der Waals surface area contributed by atoms with Crippen LogP contribution in [0.25, 0.3) is 0 Å². The number of anilines is 1. The highest BCUT2D eigenvalue weighted by atomic mass is 16.6. The summed E-state index contributed by atoms with van der Waals surface area (Å²) < 4.78 is 0. The first-order chi connectivity index (χ1) is 14.9. The fourth-order valence-corrected chi connectivity index (χ4v) is 5.53. The largest absolute Gasteiger partial charge is 0.292 e. The number of rotatable bonds is 4. The van der Waals surface area contributed by atoms with Crippen LogP contribution in [0.5, 0.6) is 0 Å². The van der Waals surface area contributed by atoms with Crippen LogP contribution < -0.4 is 4.90 Å². The Balaban J connectivity index is 1.55. The number of carbonyl (C=O) groups is 3. The molecule has 3 aliphatic heterocycles. The van der Waals surface area contributed by atoms with Crippen LogP contribution in [0.2, 0.25) is 0 Å². The first kappa shape index (κ1) is 19.6. The van der Waals surface area contributed by atoms with Crippen LogP contribution in [0.15, 0.2) is 48.5 Å². The third-order valence-electron chi connectivity index (χ3n) is 6.81. The fourth-order valence-electron chi connectivity index (χ4n) is 5.53. The van der Waals surface area contributed by atoms with Crippen molar-refractivity contribution < 1.29 is 19.3 Å². The highest BCUT2D eigenvalue weighted by molar-refractivity contribution is 6.24. The molecule has 2 aromatic rings. The molecule has 0 bridgehead atoms. The summed E-state index contributed by atoms with van der Waals surface area (Å²) in [6.45, 7) is 2.34. The number of hydrogen-bond acceptors (Lipinski definition) is 6. The SMILES string of the molecule is Cc1cc([N+](=O)[O-])ccc1N1C(=O)C2C(C1=O)C(C(=O)c1ccccc1)N1CCCC21. The van der Waals surface area contributed by atoms with Crippen molar-refractivity contribution in [1.82, 2.24) is 4.90 Å². The summed E-state index contributed by atoms with van der Waals surface area (Å²) in [5, 5.41) is 11.1. The molecule has 2 amide bonds. The van der Waals surface area contributed by atoms with E-state index in [0.717, 1.165) is 17.7 Å². The number of imide groups is 1. The van der Waals surface area contributed by atoms with E-state index in [1.54, 1.807) is 31.2 Å². The van der Waals surface area contributed by atoms with Gasteiger partial charge in [0.2, 0.25) is 11.8 Å². The molecule has 2 aromatic carbocycles. The molecule has 8 nitrogen and oxygen atoms in total. The molecule has 0 aromatic heterocycles. The number of benzene rings is 2. The lowest BCUT2D eigenvalue weighted by Crippen LogP contribution is -2.46. The lowest BCUT2D eigenvalue weighted by molar-refractivity contribution is -0.384. The average Bonchev–Trinajstić information content (AvgIpc) is 3.41. The molecule has 0 N–H and O–H groups in total. The molecule has 5 rings (SSSR count). The van der Waals surface area contributed by atoms with E-state index in [9.17, 15) is 24.5 Å². The number of nitro benzene ring substituents is 1. The zero-order valence-corrected chi connectivity index (χ0v) is 16.9. The van der Waals surface area contributed by atoms with Crippen LogP contribution in [0.3, 0.4) is 0 Å². The molecule has 4 unspecified atom stereocenters. The van der Waals surface area contributed by atoms with E-state index in [4.69, 9.17) is 0 Å². The van der Waals surface area contributed by atoms with Crippen LogP contribution in [0, 0.1) is 28.9 Å². The van der Waals surface area contributed by atoms with Gasteiger partial charge in [-0.1, -0.05) is 30.3 Å². The molecule has 0 saturated carbocycles. The van der Waals surface area contributed by atoms with Crippen molar-refractivity contribution in [2.24, 2.45) is 11.8 Å². The highest BCUT2D eigenvalue weighted by Gasteiger charge is 2.64. The van der Waals surface area contributed by atoms with Crippen LogP contribution in [-0.2, 0) is 9.59 Å². The lowest BCUT2D eigenvalue weighted by atomic mass is 9.85. The third-order valence-corrected chi connectivity index (χ3v) is 6.81. The second-order valence-corrected chi connectivity index (χ2v) is 8.41. The second-order valence-electron chi connectivity index (χ2n) is 8.41. The predicted molar refractivity (Wildman–Crippen MR) is 112 cm³/mol. The topological polar surface area (TPSA) is 101 Å². The van der Waals surface area contributed by atoms with E-state index in [1.807, 2.05) is 11.0 Å². The molecule has 0 aliphatic carbocycles. The van der Waals surface area contributed by atoms with Gasteiger partial charge < -0.3 is 0 Å². The Hall–Kier alpha value is -3.39. The maximum absolute atomic E-state index is 13.5. The molecule has 4 atom stereocenters. The summed E-state index contributed by atoms with van der Waals surface area (Å²) in [5.41, 5.74) is 1.26. The van der Waals surface area contributed by atoms with E-state index in [1.165, 1.54) is 18.2 Å². The van der Waals surface area contributed by atoms with Gasteiger partial charge in [-0.2, -0.15) is 0 Å². The van der Waals surface area contributed by atoms with Gasteiger partial charge in [0.05, 0.1) is 28.5 Å². The van der Waals surface area contributed by atoms with Gasteiger partial charge in [0, 0.05) is 23.7 Å². The fraction of sp³-hybridized carbons (Fsp3) is 0.348. The molecule has 3 saturated heterocycles. The quantitative estimate of drug-likeness (QED) is 0.327.